The first-order chi connectivity index (χ1) is 11.6. The van der Waals surface area contributed by atoms with Gasteiger partial charge in [0.15, 0.2) is 0 Å². The van der Waals surface area contributed by atoms with E-state index in [4.69, 9.17) is 4.74 Å². The molecule has 0 radical (unpaired) electrons. The Labute approximate surface area is 146 Å². The molecule has 1 saturated heterocycles. The van der Waals surface area contributed by atoms with Crippen LogP contribution in [0.25, 0.3) is 0 Å². The molecule has 1 amide bonds. The Balaban J connectivity index is 1.78. The average molecular weight is 394 g/mol. The lowest BCUT2D eigenvalue weighted by atomic mass is 9.87. The summed E-state index contributed by atoms with van der Waals surface area (Å²) in [6.07, 6.45) is 0.728. The van der Waals surface area contributed by atoms with Crippen molar-refractivity contribution in [2.45, 2.75) is 25.0 Å². The fourth-order valence-electron chi connectivity index (χ4n) is 3.85. The molecule has 3 nitrogen and oxygen atoms in total. The van der Waals surface area contributed by atoms with Gasteiger partial charge in [-0.1, -0.05) is 34.1 Å². The molecule has 2 aliphatic heterocycles. The van der Waals surface area contributed by atoms with Crippen LogP contribution in [0, 0.1) is 0 Å². The first-order valence-electron chi connectivity index (χ1n) is 7.70. The predicted molar refractivity (Wildman–Crippen MR) is 88.4 cm³/mol. The lowest BCUT2D eigenvalue weighted by molar-refractivity contribution is -0.0507. The number of carbonyl (C=O) groups excluding carboxylic acids is 1. The molecular formula is C18H14BrF2NO2. The number of para-hydroxylation sites is 1. The van der Waals surface area contributed by atoms with Gasteiger partial charge < -0.3 is 9.64 Å². The number of carbonyl (C=O) groups is 1. The van der Waals surface area contributed by atoms with Crippen molar-refractivity contribution in [3.63, 3.8) is 0 Å². The SMILES string of the molecule is O=C1c2ccc(Br)cc2C2[C@H](c3ccccc3OC(F)F)CCN12. The fourth-order valence-corrected chi connectivity index (χ4v) is 4.23. The lowest BCUT2D eigenvalue weighted by Crippen LogP contribution is -2.23. The molecule has 6 heteroatoms. The molecule has 4 rings (SSSR count). The van der Waals surface area contributed by atoms with Crippen molar-refractivity contribution in [3.05, 3.63) is 63.6 Å². The molecule has 0 N–H and O–H groups in total. The van der Waals surface area contributed by atoms with Crippen LogP contribution in [-0.2, 0) is 0 Å². The van der Waals surface area contributed by atoms with Crippen molar-refractivity contribution in [2.75, 3.05) is 6.54 Å². The zero-order valence-corrected chi connectivity index (χ0v) is 14.2. The molecule has 0 saturated carbocycles. The van der Waals surface area contributed by atoms with E-state index in [-0.39, 0.29) is 23.6 Å². The minimum atomic E-state index is -2.87. The van der Waals surface area contributed by atoms with Gasteiger partial charge in [-0.25, -0.2) is 0 Å². The Bertz CT molecular complexity index is 811. The van der Waals surface area contributed by atoms with Gasteiger partial charge in [-0.3, -0.25) is 4.79 Å². The maximum absolute atomic E-state index is 12.7. The molecule has 0 bridgehead atoms. The number of fused-ring (bicyclic) bond motifs is 3. The summed E-state index contributed by atoms with van der Waals surface area (Å²) in [5.74, 6) is 0.145. The molecule has 2 aliphatic rings. The third kappa shape index (κ3) is 2.40. The molecule has 2 atom stereocenters. The van der Waals surface area contributed by atoms with E-state index in [1.165, 1.54) is 0 Å². The second-order valence-electron chi connectivity index (χ2n) is 5.99. The van der Waals surface area contributed by atoms with Crippen LogP contribution >= 0.6 is 15.9 Å². The van der Waals surface area contributed by atoms with Crippen LogP contribution in [0.5, 0.6) is 5.75 Å². The van der Waals surface area contributed by atoms with Crippen LogP contribution in [0.15, 0.2) is 46.9 Å². The predicted octanol–water partition coefficient (Wildman–Crippen LogP) is 4.73. The number of alkyl halides is 2. The van der Waals surface area contributed by atoms with Crippen LogP contribution in [0.2, 0.25) is 0 Å². The topological polar surface area (TPSA) is 29.5 Å². The zero-order valence-electron chi connectivity index (χ0n) is 12.6. The van der Waals surface area contributed by atoms with Crippen LogP contribution in [-0.4, -0.2) is 24.0 Å². The zero-order chi connectivity index (χ0) is 16.8. The molecule has 0 aromatic heterocycles. The number of amides is 1. The quantitative estimate of drug-likeness (QED) is 0.753. The number of rotatable bonds is 3. The number of halogens is 3. The number of hydrogen-bond donors (Lipinski definition) is 0. The van der Waals surface area contributed by atoms with E-state index in [1.807, 2.05) is 35.2 Å². The molecule has 2 aromatic rings. The Morgan fingerprint density at radius 3 is 2.75 bits per heavy atom. The van der Waals surface area contributed by atoms with Gasteiger partial charge in [-0.2, -0.15) is 8.78 Å². The van der Waals surface area contributed by atoms with Crippen molar-refractivity contribution < 1.29 is 18.3 Å². The Hall–Kier alpha value is -1.95. The summed E-state index contributed by atoms with van der Waals surface area (Å²) >= 11 is 3.45. The normalized spacial score (nSPS) is 22.0. The highest BCUT2D eigenvalue weighted by atomic mass is 79.9. The third-order valence-electron chi connectivity index (χ3n) is 4.76. The highest BCUT2D eigenvalue weighted by molar-refractivity contribution is 9.10. The molecule has 2 heterocycles. The van der Waals surface area contributed by atoms with Gasteiger partial charge in [-0.05, 0) is 41.8 Å². The van der Waals surface area contributed by atoms with Crippen molar-refractivity contribution in [1.82, 2.24) is 4.90 Å². The molecule has 2 aromatic carbocycles. The Kier molecular flexibility index (Phi) is 3.79. The Morgan fingerprint density at radius 2 is 1.96 bits per heavy atom. The molecule has 24 heavy (non-hydrogen) atoms. The summed E-state index contributed by atoms with van der Waals surface area (Å²) in [6.45, 7) is -2.25. The van der Waals surface area contributed by atoms with Crippen molar-refractivity contribution >= 4 is 21.8 Å². The van der Waals surface area contributed by atoms with Crippen LogP contribution in [0.1, 0.15) is 39.9 Å². The van der Waals surface area contributed by atoms with E-state index in [9.17, 15) is 13.6 Å². The first-order valence-corrected chi connectivity index (χ1v) is 8.49. The largest absolute Gasteiger partial charge is 0.435 e. The summed E-state index contributed by atoms with van der Waals surface area (Å²) < 4.78 is 31.0. The van der Waals surface area contributed by atoms with Gasteiger partial charge in [0.1, 0.15) is 5.75 Å². The van der Waals surface area contributed by atoms with E-state index in [0.717, 1.165) is 22.0 Å². The summed E-state index contributed by atoms with van der Waals surface area (Å²) in [4.78, 5) is 14.4. The Morgan fingerprint density at radius 1 is 1.17 bits per heavy atom. The van der Waals surface area contributed by atoms with Gasteiger partial charge in [-0.15, -0.1) is 0 Å². The van der Waals surface area contributed by atoms with Crippen LogP contribution in [0.4, 0.5) is 8.78 Å². The molecule has 124 valence electrons. The van der Waals surface area contributed by atoms with E-state index < -0.39 is 6.61 Å². The maximum atomic E-state index is 12.7. The van der Waals surface area contributed by atoms with Crippen LogP contribution in [0.3, 0.4) is 0 Å². The second kappa shape index (κ2) is 5.84. The van der Waals surface area contributed by atoms with Crippen LogP contribution < -0.4 is 4.74 Å². The van der Waals surface area contributed by atoms with E-state index in [1.54, 1.807) is 12.1 Å². The van der Waals surface area contributed by atoms with Gasteiger partial charge in [0, 0.05) is 22.5 Å². The molecule has 1 unspecified atom stereocenters. The van der Waals surface area contributed by atoms with Gasteiger partial charge in [0.05, 0.1) is 6.04 Å². The number of hydrogen-bond acceptors (Lipinski definition) is 2. The summed E-state index contributed by atoms with van der Waals surface area (Å²) in [5.41, 5.74) is 2.37. The fraction of sp³-hybridized carbons (Fsp3) is 0.278. The summed E-state index contributed by atoms with van der Waals surface area (Å²) in [5, 5.41) is 0. The van der Waals surface area contributed by atoms with Gasteiger partial charge >= 0.3 is 6.61 Å². The number of benzene rings is 2. The number of nitrogens with zero attached hydrogens (tertiary/aromatic N) is 1. The molecule has 0 spiro atoms. The lowest BCUT2D eigenvalue weighted by Gasteiger charge is -2.23. The third-order valence-corrected chi connectivity index (χ3v) is 5.25. The van der Waals surface area contributed by atoms with Crippen molar-refractivity contribution in [1.29, 1.82) is 0 Å². The minimum Gasteiger partial charge on any atom is -0.435 e. The van der Waals surface area contributed by atoms with E-state index in [0.29, 0.717) is 12.1 Å². The minimum absolute atomic E-state index is 0.0114. The molecule has 0 aliphatic carbocycles. The van der Waals surface area contributed by atoms with Gasteiger partial charge in [0.2, 0.25) is 0 Å². The van der Waals surface area contributed by atoms with E-state index in [2.05, 4.69) is 15.9 Å². The monoisotopic (exact) mass is 393 g/mol. The second-order valence-corrected chi connectivity index (χ2v) is 6.90. The van der Waals surface area contributed by atoms with E-state index >= 15 is 0 Å². The summed E-state index contributed by atoms with van der Waals surface area (Å²) in [7, 11) is 0. The standard InChI is InChI=1S/C18H14BrF2NO2/c19-10-5-6-13-14(9-10)16-12(7-8-22(16)17(13)23)11-3-1-2-4-15(11)24-18(20)21/h1-6,9,12,16,18H,7-8H2/t12-,16?/m0/s1. The first kappa shape index (κ1) is 15.6. The highest BCUT2D eigenvalue weighted by Gasteiger charge is 2.46. The van der Waals surface area contributed by atoms with Crippen molar-refractivity contribution in [2.24, 2.45) is 0 Å². The summed E-state index contributed by atoms with van der Waals surface area (Å²) in [6, 6.07) is 12.3. The molecule has 1 fully saturated rings. The maximum Gasteiger partial charge on any atom is 0.387 e. The number of ether oxygens (including phenoxy) is 1. The average Bonchev–Trinajstić information content (AvgIpc) is 3.08. The smallest absolute Gasteiger partial charge is 0.387 e. The van der Waals surface area contributed by atoms with Crippen molar-refractivity contribution in [3.8, 4) is 5.75 Å². The molecular weight excluding hydrogens is 380 g/mol. The highest BCUT2D eigenvalue weighted by Crippen LogP contribution is 2.51. The van der Waals surface area contributed by atoms with Gasteiger partial charge in [0.25, 0.3) is 5.91 Å².